The molecule has 2 atom stereocenters. The molecule has 1 aliphatic rings. The molecule has 0 spiro atoms. The van der Waals surface area contributed by atoms with Gasteiger partial charge in [0.25, 0.3) is 0 Å². The third-order valence-electron chi connectivity index (χ3n) is 3.45. The third-order valence-corrected chi connectivity index (χ3v) is 3.45. The smallest absolute Gasteiger partial charge is 0.393 e. The van der Waals surface area contributed by atoms with Gasteiger partial charge in [-0.05, 0) is 37.5 Å². The van der Waals surface area contributed by atoms with E-state index in [4.69, 9.17) is 4.74 Å². The van der Waals surface area contributed by atoms with Crippen LogP contribution >= 0.6 is 0 Å². The van der Waals surface area contributed by atoms with Crippen molar-refractivity contribution in [3.63, 3.8) is 0 Å². The minimum atomic E-state index is -4.09. The van der Waals surface area contributed by atoms with Crippen molar-refractivity contribution in [3.8, 4) is 5.75 Å². The van der Waals surface area contributed by atoms with E-state index in [2.05, 4.69) is 5.32 Å². The normalized spacial score (nSPS) is 24.2. The maximum atomic E-state index is 12.6. The summed E-state index contributed by atoms with van der Waals surface area (Å²) in [7, 11) is 0. The highest BCUT2D eigenvalue weighted by Crippen LogP contribution is 2.35. The standard InChI is InChI=1S/C14H18F3NO/c1-2-19-12-5-3-4-10(8-12)13-7-6-11(9-18-13)14(15,16)17/h3-5,8,11,13,18H,2,6-7,9H2,1H3. The number of halogens is 3. The molecule has 0 saturated carbocycles. The Hall–Kier alpha value is -1.23. The van der Waals surface area contributed by atoms with Crippen LogP contribution in [0.1, 0.15) is 31.4 Å². The Morgan fingerprint density at radius 3 is 2.68 bits per heavy atom. The molecule has 1 aromatic rings. The van der Waals surface area contributed by atoms with Crippen molar-refractivity contribution in [3.05, 3.63) is 29.8 Å². The Morgan fingerprint density at radius 1 is 1.32 bits per heavy atom. The van der Waals surface area contributed by atoms with E-state index in [-0.39, 0.29) is 19.0 Å². The number of nitrogens with one attached hydrogen (secondary N) is 1. The van der Waals surface area contributed by atoms with Crippen LogP contribution in [0.25, 0.3) is 0 Å². The molecule has 1 aromatic carbocycles. The minimum absolute atomic E-state index is 0.00692. The van der Waals surface area contributed by atoms with Crippen LogP contribution in [0.3, 0.4) is 0 Å². The van der Waals surface area contributed by atoms with Gasteiger partial charge < -0.3 is 10.1 Å². The van der Waals surface area contributed by atoms with Crippen LogP contribution < -0.4 is 10.1 Å². The summed E-state index contributed by atoms with van der Waals surface area (Å²) in [6.45, 7) is 2.48. The lowest BCUT2D eigenvalue weighted by atomic mass is 9.90. The number of rotatable bonds is 3. The minimum Gasteiger partial charge on any atom is -0.494 e. The lowest BCUT2D eigenvalue weighted by Crippen LogP contribution is -2.40. The molecule has 0 bridgehead atoms. The average Bonchev–Trinajstić information content (AvgIpc) is 2.39. The van der Waals surface area contributed by atoms with Crippen LogP contribution in [0.4, 0.5) is 13.2 Å². The van der Waals surface area contributed by atoms with Crippen LogP contribution in [0.2, 0.25) is 0 Å². The van der Waals surface area contributed by atoms with Crippen LogP contribution in [0.5, 0.6) is 5.75 Å². The van der Waals surface area contributed by atoms with Crippen molar-refractivity contribution < 1.29 is 17.9 Å². The Morgan fingerprint density at radius 2 is 2.11 bits per heavy atom. The number of hydrogen-bond acceptors (Lipinski definition) is 2. The molecule has 1 N–H and O–H groups in total. The fraction of sp³-hybridized carbons (Fsp3) is 0.571. The van der Waals surface area contributed by atoms with Crippen LogP contribution in [-0.2, 0) is 0 Å². The van der Waals surface area contributed by atoms with Gasteiger partial charge in [-0.3, -0.25) is 0 Å². The number of benzene rings is 1. The zero-order valence-electron chi connectivity index (χ0n) is 10.8. The lowest BCUT2D eigenvalue weighted by Gasteiger charge is -2.31. The highest BCUT2D eigenvalue weighted by Gasteiger charge is 2.41. The van der Waals surface area contributed by atoms with Crippen molar-refractivity contribution in [2.24, 2.45) is 5.92 Å². The number of piperidine rings is 1. The highest BCUT2D eigenvalue weighted by atomic mass is 19.4. The van der Waals surface area contributed by atoms with Gasteiger partial charge >= 0.3 is 6.18 Å². The van der Waals surface area contributed by atoms with Crippen molar-refractivity contribution in [1.29, 1.82) is 0 Å². The summed E-state index contributed by atoms with van der Waals surface area (Å²) in [5.41, 5.74) is 0.992. The number of alkyl halides is 3. The molecule has 2 unspecified atom stereocenters. The summed E-state index contributed by atoms with van der Waals surface area (Å²) in [5, 5.41) is 2.99. The molecule has 2 nitrogen and oxygen atoms in total. The Labute approximate surface area is 111 Å². The van der Waals surface area contributed by atoms with Crippen molar-refractivity contribution in [2.45, 2.75) is 32.0 Å². The summed E-state index contributed by atoms with van der Waals surface area (Å²) in [6, 6.07) is 7.54. The Bertz CT molecular complexity index is 411. The molecule has 2 rings (SSSR count). The van der Waals surface area contributed by atoms with Gasteiger partial charge in [-0.1, -0.05) is 12.1 Å². The van der Waals surface area contributed by atoms with E-state index in [1.165, 1.54) is 0 Å². The van der Waals surface area contributed by atoms with Gasteiger partial charge in [-0.2, -0.15) is 13.2 Å². The predicted octanol–water partition coefficient (Wildman–Crippen LogP) is 3.69. The van der Waals surface area contributed by atoms with Crippen LogP contribution in [0.15, 0.2) is 24.3 Å². The molecule has 5 heteroatoms. The van der Waals surface area contributed by atoms with Gasteiger partial charge in [-0.15, -0.1) is 0 Å². The topological polar surface area (TPSA) is 21.3 Å². The predicted molar refractivity (Wildman–Crippen MR) is 67.1 cm³/mol. The van der Waals surface area contributed by atoms with Gasteiger partial charge in [-0.25, -0.2) is 0 Å². The highest BCUT2D eigenvalue weighted by molar-refractivity contribution is 5.30. The zero-order chi connectivity index (χ0) is 13.9. The number of hydrogen-bond donors (Lipinski definition) is 1. The first-order chi connectivity index (χ1) is 9.00. The van der Waals surface area contributed by atoms with E-state index in [0.29, 0.717) is 13.0 Å². The summed E-state index contributed by atoms with van der Waals surface area (Å²) >= 11 is 0. The molecular formula is C14H18F3NO. The monoisotopic (exact) mass is 273 g/mol. The molecule has 0 radical (unpaired) electrons. The number of ether oxygens (including phenoxy) is 1. The molecule has 0 amide bonds. The second-order valence-corrected chi connectivity index (χ2v) is 4.78. The molecule has 1 aliphatic heterocycles. The molecular weight excluding hydrogens is 255 g/mol. The summed E-state index contributed by atoms with van der Waals surface area (Å²) < 4.78 is 43.1. The van der Waals surface area contributed by atoms with E-state index in [1.807, 2.05) is 31.2 Å². The first-order valence-electron chi connectivity index (χ1n) is 6.53. The van der Waals surface area contributed by atoms with E-state index < -0.39 is 12.1 Å². The first kappa shape index (κ1) is 14.2. The van der Waals surface area contributed by atoms with Crippen molar-refractivity contribution in [2.75, 3.05) is 13.2 Å². The van der Waals surface area contributed by atoms with E-state index in [9.17, 15) is 13.2 Å². The Kier molecular flexibility index (Phi) is 4.34. The summed E-state index contributed by atoms with van der Waals surface area (Å²) in [4.78, 5) is 0. The SMILES string of the molecule is CCOc1cccc(C2CCC(C(F)(F)F)CN2)c1. The first-order valence-corrected chi connectivity index (χ1v) is 6.53. The molecule has 1 heterocycles. The lowest BCUT2D eigenvalue weighted by molar-refractivity contribution is -0.179. The van der Waals surface area contributed by atoms with Crippen molar-refractivity contribution in [1.82, 2.24) is 5.32 Å². The maximum absolute atomic E-state index is 12.6. The second-order valence-electron chi connectivity index (χ2n) is 4.78. The molecule has 0 aliphatic carbocycles. The van der Waals surface area contributed by atoms with Crippen molar-refractivity contribution >= 4 is 0 Å². The molecule has 1 fully saturated rings. The van der Waals surface area contributed by atoms with Crippen LogP contribution in [-0.4, -0.2) is 19.3 Å². The van der Waals surface area contributed by atoms with E-state index in [0.717, 1.165) is 11.3 Å². The van der Waals surface area contributed by atoms with E-state index >= 15 is 0 Å². The fourth-order valence-electron chi connectivity index (χ4n) is 2.41. The quantitative estimate of drug-likeness (QED) is 0.907. The fourth-order valence-corrected chi connectivity index (χ4v) is 2.41. The van der Waals surface area contributed by atoms with Gasteiger partial charge in [0.1, 0.15) is 5.75 Å². The van der Waals surface area contributed by atoms with Gasteiger partial charge in [0.15, 0.2) is 0 Å². The van der Waals surface area contributed by atoms with E-state index in [1.54, 1.807) is 0 Å². The maximum Gasteiger partial charge on any atom is 0.393 e. The third kappa shape index (κ3) is 3.62. The second kappa shape index (κ2) is 5.82. The Balaban J connectivity index is 1.99. The summed E-state index contributed by atoms with van der Waals surface area (Å²) in [5.74, 6) is -0.460. The molecule has 0 aromatic heterocycles. The molecule has 106 valence electrons. The largest absolute Gasteiger partial charge is 0.494 e. The van der Waals surface area contributed by atoms with Gasteiger partial charge in [0, 0.05) is 12.6 Å². The van der Waals surface area contributed by atoms with Gasteiger partial charge in [0.2, 0.25) is 0 Å². The summed E-state index contributed by atoms with van der Waals surface area (Å²) in [6.07, 6.45) is -3.41. The average molecular weight is 273 g/mol. The zero-order valence-corrected chi connectivity index (χ0v) is 10.8. The molecule has 1 saturated heterocycles. The molecule has 19 heavy (non-hydrogen) atoms. The van der Waals surface area contributed by atoms with Gasteiger partial charge in [0.05, 0.1) is 12.5 Å². The van der Waals surface area contributed by atoms with Crippen LogP contribution in [0, 0.1) is 5.92 Å².